The van der Waals surface area contributed by atoms with E-state index in [1.54, 1.807) is 0 Å². The lowest BCUT2D eigenvalue weighted by atomic mass is 9.85. The smallest absolute Gasteiger partial charge is 0.168 e. The molecule has 0 atom stereocenters. The van der Waals surface area contributed by atoms with E-state index >= 15 is 0 Å². The normalized spacial score (nSPS) is 11.3. The Labute approximate surface area is 132 Å². The second kappa shape index (κ2) is 6.27. The lowest BCUT2D eigenvalue weighted by molar-refractivity contribution is 0.0858. The minimum atomic E-state index is -0.393. The van der Waals surface area contributed by atoms with Gasteiger partial charge in [0.25, 0.3) is 0 Å². The third-order valence-corrected chi connectivity index (χ3v) is 3.67. The maximum absolute atomic E-state index is 12.4. The van der Waals surface area contributed by atoms with Crippen molar-refractivity contribution in [3.05, 3.63) is 59.7 Å². The van der Waals surface area contributed by atoms with E-state index in [1.807, 2.05) is 76.2 Å². The van der Waals surface area contributed by atoms with Crippen LogP contribution in [-0.2, 0) is 0 Å². The molecule has 0 unspecified atom stereocenters. The molecule has 2 rings (SSSR count). The third kappa shape index (κ3) is 3.51. The highest BCUT2D eigenvalue weighted by atomic mass is 16.1. The van der Waals surface area contributed by atoms with Crippen molar-refractivity contribution < 1.29 is 9.59 Å². The molecule has 0 heterocycles. The minimum absolute atomic E-state index is 0.132. The van der Waals surface area contributed by atoms with Crippen molar-refractivity contribution in [2.45, 2.75) is 34.1 Å². The Balaban J connectivity index is 2.34. The van der Waals surface area contributed by atoms with Crippen LogP contribution in [0.15, 0.2) is 48.5 Å². The number of rotatable bonds is 4. The van der Waals surface area contributed by atoms with Gasteiger partial charge in [0.05, 0.1) is 0 Å². The Morgan fingerprint density at radius 2 is 1.50 bits per heavy atom. The molecular formula is C20H22O2. The molecule has 2 aromatic rings. The Morgan fingerprint density at radius 3 is 2.05 bits per heavy atom. The molecule has 0 aromatic heterocycles. The van der Waals surface area contributed by atoms with Gasteiger partial charge < -0.3 is 0 Å². The van der Waals surface area contributed by atoms with Gasteiger partial charge in [0.15, 0.2) is 11.6 Å². The van der Waals surface area contributed by atoms with Crippen molar-refractivity contribution in [2.75, 3.05) is 0 Å². The zero-order valence-electron chi connectivity index (χ0n) is 13.6. The van der Waals surface area contributed by atoms with Crippen LogP contribution in [0.5, 0.6) is 0 Å². The van der Waals surface area contributed by atoms with Gasteiger partial charge in [-0.2, -0.15) is 0 Å². The highest BCUT2D eigenvalue weighted by molar-refractivity contribution is 6.01. The molecule has 0 aliphatic carbocycles. The standard InChI is InChI=1S/C20H22O2/c1-5-18(21)15-11-9-14(10-12-15)16-7-6-8-17(13-16)19(22)20(2,3)4/h6-13H,5H2,1-4H3. The van der Waals surface area contributed by atoms with E-state index in [4.69, 9.17) is 0 Å². The molecule has 0 saturated carbocycles. The topological polar surface area (TPSA) is 34.1 Å². The largest absolute Gasteiger partial charge is 0.294 e. The zero-order valence-corrected chi connectivity index (χ0v) is 13.6. The SMILES string of the molecule is CCC(=O)c1ccc(-c2cccc(C(=O)C(C)(C)C)c2)cc1. The summed E-state index contributed by atoms with van der Waals surface area (Å²) in [6, 6.07) is 15.2. The van der Waals surface area contributed by atoms with E-state index in [-0.39, 0.29) is 11.6 Å². The highest BCUT2D eigenvalue weighted by Gasteiger charge is 2.22. The fraction of sp³-hybridized carbons (Fsp3) is 0.300. The number of carbonyl (C=O) groups excluding carboxylic acids is 2. The average molecular weight is 294 g/mol. The van der Waals surface area contributed by atoms with Crippen LogP contribution in [0.3, 0.4) is 0 Å². The second-order valence-corrected chi connectivity index (χ2v) is 6.51. The first-order valence-electron chi connectivity index (χ1n) is 7.61. The summed E-state index contributed by atoms with van der Waals surface area (Å²) in [6.45, 7) is 7.63. The predicted molar refractivity (Wildman–Crippen MR) is 90.3 cm³/mol. The summed E-state index contributed by atoms with van der Waals surface area (Å²) in [4.78, 5) is 24.1. The molecule has 0 N–H and O–H groups in total. The number of ketones is 2. The van der Waals surface area contributed by atoms with Gasteiger partial charge >= 0.3 is 0 Å². The summed E-state index contributed by atoms with van der Waals surface area (Å²) in [5.74, 6) is 0.273. The first kappa shape index (κ1) is 16.2. The Kier molecular flexibility index (Phi) is 4.60. The Hall–Kier alpha value is -2.22. The molecule has 114 valence electrons. The number of hydrogen-bond acceptors (Lipinski definition) is 2. The van der Waals surface area contributed by atoms with E-state index in [9.17, 15) is 9.59 Å². The van der Waals surface area contributed by atoms with Gasteiger partial charge in [-0.05, 0) is 17.2 Å². The predicted octanol–water partition coefficient (Wildman–Crippen LogP) is 5.18. The zero-order chi connectivity index (χ0) is 16.3. The molecule has 0 aliphatic rings. The molecule has 0 aliphatic heterocycles. The van der Waals surface area contributed by atoms with E-state index in [0.29, 0.717) is 6.42 Å². The van der Waals surface area contributed by atoms with E-state index in [1.165, 1.54) is 0 Å². The van der Waals surface area contributed by atoms with Crippen molar-refractivity contribution >= 4 is 11.6 Å². The van der Waals surface area contributed by atoms with Crippen molar-refractivity contribution in [3.8, 4) is 11.1 Å². The van der Waals surface area contributed by atoms with Gasteiger partial charge in [-0.1, -0.05) is 70.2 Å². The molecule has 0 saturated heterocycles. The van der Waals surface area contributed by atoms with E-state index in [2.05, 4.69) is 0 Å². The highest BCUT2D eigenvalue weighted by Crippen LogP contribution is 2.25. The van der Waals surface area contributed by atoms with Gasteiger partial charge in [-0.15, -0.1) is 0 Å². The van der Waals surface area contributed by atoms with E-state index in [0.717, 1.165) is 22.3 Å². The maximum Gasteiger partial charge on any atom is 0.168 e. The Bertz CT molecular complexity index is 688. The molecule has 0 bridgehead atoms. The molecule has 22 heavy (non-hydrogen) atoms. The van der Waals surface area contributed by atoms with Gasteiger partial charge in [0.1, 0.15) is 0 Å². The number of benzene rings is 2. The molecule has 2 aromatic carbocycles. The maximum atomic E-state index is 12.4. The third-order valence-electron chi connectivity index (χ3n) is 3.67. The van der Waals surface area contributed by atoms with Crippen LogP contribution in [0.2, 0.25) is 0 Å². The van der Waals surface area contributed by atoms with Crippen molar-refractivity contribution in [2.24, 2.45) is 5.41 Å². The van der Waals surface area contributed by atoms with Crippen LogP contribution in [0.1, 0.15) is 54.8 Å². The summed E-state index contributed by atoms with van der Waals surface area (Å²) < 4.78 is 0. The quantitative estimate of drug-likeness (QED) is 0.728. The van der Waals surface area contributed by atoms with E-state index < -0.39 is 5.41 Å². The molecule has 0 radical (unpaired) electrons. The van der Waals surface area contributed by atoms with Crippen LogP contribution in [0.4, 0.5) is 0 Å². The lowest BCUT2D eigenvalue weighted by Crippen LogP contribution is -2.20. The van der Waals surface area contributed by atoms with Gasteiger partial charge in [-0.25, -0.2) is 0 Å². The molecule has 0 spiro atoms. The molecule has 0 amide bonds. The fourth-order valence-electron chi connectivity index (χ4n) is 2.33. The van der Waals surface area contributed by atoms with Gasteiger partial charge in [0, 0.05) is 23.0 Å². The first-order chi connectivity index (χ1) is 10.3. The van der Waals surface area contributed by atoms with Crippen LogP contribution < -0.4 is 0 Å². The number of Topliss-reactive ketones (excluding diaryl/α,β-unsaturated/α-hetero) is 2. The summed E-state index contributed by atoms with van der Waals surface area (Å²) in [7, 11) is 0. The summed E-state index contributed by atoms with van der Waals surface area (Å²) in [5, 5.41) is 0. The molecule has 2 nitrogen and oxygen atoms in total. The second-order valence-electron chi connectivity index (χ2n) is 6.51. The van der Waals surface area contributed by atoms with Crippen molar-refractivity contribution in [1.29, 1.82) is 0 Å². The molecule has 2 heteroatoms. The van der Waals surface area contributed by atoms with Gasteiger partial charge in [0.2, 0.25) is 0 Å². The van der Waals surface area contributed by atoms with Crippen molar-refractivity contribution in [3.63, 3.8) is 0 Å². The summed E-state index contributed by atoms with van der Waals surface area (Å²) in [6.07, 6.45) is 0.509. The minimum Gasteiger partial charge on any atom is -0.294 e. The lowest BCUT2D eigenvalue weighted by Gasteiger charge is -2.17. The average Bonchev–Trinajstić information content (AvgIpc) is 2.52. The summed E-state index contributed by atoms with van der Waals surface area (Å²) >= 11 is 0. The van der Waals surface area contributed by atoms with Crippen LogP contribution in [-0.4, -0.2) is 11.6 Å². The number of hydrogen-bond donors (Lipinski definition) is 0. The molecular weight excluding hydrogens is 272 g/mol. The van der Waals surface area contributed by atoms with Crippen LogP contribution in [0.25, 0.3) is 11.1 Å². The van der Waals surface area contributed by atoms with Crippen molar-refractivity contribution in [1.82, 2.24) is 0 Å². The monoisotopic (exact) mass is 294 g/mol. The van der Waals surface area contributed by atoms with Crippen LogP contribution in [0, 0.1) is 5.41 Å². The first-order valence-corrected chi connectivity index (χ1v) is 7.61. The number of carbonyl (C=O) groups is 2. The Morgan fingerprint density at radius 1 is 0.864 bits per heavy atom. The molecule has 0 fully saturated rings. The van der Waals surface area contributed by atoms with Crippen LogP contribution >= 0.6 is 0 Å². The van der Waals surface area contributed by atoms with Gasteiger partial charge in [-0.3, -0.25) is 9.59 Å². The fourth-order valence-corrected chi connectivity index (χ4v) is 2.33. The summed E-state index contributed by atoms with van der Waals surface area (Å²) in [5.41, 5.74) is 3.06.